The van der Waals surface area contributed by atoms with E-state index in [2.05, 4.69) is 20.9 Å². The molecule has 1 aliphatic heterocycles. The quantitative estimate of drug-likeness (QED) is 0.874. The number of β-amino-alcohol motifs (C(OH)–C–C–N with tert-alkyl or cyclic N) is 1. The van der Waals surface area contributed by atoms with Crippen molar-refractivity contribution in [3.63, 3.8) is 0 Å². The lowest BCUT2D eigenvalue weighted by Gasteiger charge is -2.17. The Hall–Kier alpha value is -0.650. The van der Waals surface area contributed by atoms with Gasteiger partial charge < -0.3 is 14.7 Å². The highest BCUT2D eigenvalue weighted by Gasteiger charge is 2.32. The van der Waals surface area contributed by atoms with Crippen LogP contribution in [0.2, 0.25) is 0 Å². The van der Waals surface area contributed by atoms with E-state index in [0.717, 1.165) is 10.3 Å². The van der Waals surface area contributed by atoms with Gasteiger partial charge in [0.05, 0.1) is 10.6 Å². The lowest BCUT2D eigenvalue weighted by molar-refractivity contribution is 0.0217. The van der Waals surface area contributed by atoms with Gasteiger partial charge >= 0.3 is 0 Å². The molecule has 1 fully saturated rings. The summed E-state index contributed by atoms with van der Waals surface area (Å²) in [7, 11) is 1.62. The zero-order chi connectivity index (χ0) is 10.8. The summed E-state index contributed by atoms with van der Waals surface area (Å²) in [5.41, 5.74) is 0. The summed E-state index contributed by atoms with van der Waals surface area (Å²) in [5, 5.41) is 9.70. The van der Waals surface area contributed by atoms with Crippen LogP contribution in [0.25, 0.3) is 0 Å². The Bertz CT molecular complexity index is 348. The number of pyridine rings is 1. The minimum Gasteiger partial charge on any atom is -0.388 e. The van der Waals surface area contributed by atoms with Gasteiger partial charge in [0.2, 0.25) is 0 Å². The molecule has 5 heteroatoms. The number of rotatable bonds is 2. The van der Waals surface area contributed by atoms with Gasteiger partial charge in [-0.2, -0.15) is 0 Å². The van der Waals surface area contributed by atoms with E-state index in [1.807, 2.05) is 17.0 Å². The van der Waals surface area contributed by atoms with Gasteiger partial charge in [-0.1, -0.05) is 0 Å². The van der Waals surface area contributed by atoms with Gasteiger partial charge in [0.1, 0.15) is 11.9 Å². The largest absolute Gasteiger partial charge is 0.388 e. The van der Waals surface area contributed by atoms with Crippen molar-refractivity contribution in [3.8, 4) is 0 Å². The molecule has 1 aromatic rings. The highest BCUT2D eigenvalue weighted by atomic mass is 79.9. The third kappa shape index (κ3) is 2.14. The summed E-state index contributed by atoms with van der Waals surface area (Å²) >= 11 is 3.44. The molecular formula is C10H13BrN2O2. The molecule has 0 spiro atoms. The van der Waals surface area contributed by atoms with Gasteiger partial charge in [-0.15, -0.1) is 0 Å². The second kappa shape index (κ2) is 4.47. The van der Waals surface area contributed by atoms with Crippen molar-refractivity contribution < 1.29 is 9.84 Å². The number of aromatic nitrogens is 1. The van der Waals surface area contributed by atoms with Crippen LogP contribution in [-0.2, 0) is 4.74 Å². The van der Waals surface area contributed by atoms with Crippen LogP contribution in [0.5, 0.6) is 0 Å². The van der Waals surface area contributed by atoms with Gasteiger partial charge in [-0.3, -0.25) is 0 Å². The average Bonchev–Trinajstić information content (AvgIpc) is 2.60. The predicted molar refractivity (Wildman–Crippen MR) is 61.0 cm³/mol. The van der Waals surface area contributed by atoms with Crippen LogP contribution >= 0.6 is 15.9 Å². The number of ether oxygens (including phenoxy) is 1. The lowest BCUT2D eigenvalue weighted by atomic mass is 10.3. The molecule has 0 saturated carbocycles. The molecule has 0 amide bonds. The van der Waals surface area contributed by atoms with Crippen molar-refractivity contribution in [2.75, 3.05) is 25.1 Å². The Morgan fingerprint density at radius 3 is 3.00 bits per heavy atom. The Kier molecular flexibility index (Phi) is 3.23. The van der Waals surface area contributed by atoms with Crippen LogP contribution in [0.1, 0.15) is 0 Å². The molecule has 1 N–H and O–H groups in total. The van der Waals surface area contributed by atoms with Crippen molar-refractivity contribution in [2.24, 2.45) is 0 Å². The number of hydrogen-bond acceptors (Lipinski definition) is 4. The Balaban J connectivity index is 2.17. The number of anilines is 1. The summed E-state index contributed by atoms with van der Waals surface area (Å²) in [6, 6.07) is 3.81. The Morgan fingerprint density at radius 1 is 1.60 bits per heavy atom. The first kappa shape index (κ1) is 10.9. The first-order valence-corrected chi connectivity index (χ1v) is 5.58. The van der Waals surface area contributed by atoms with E-state index in [9.17, 15) is 5.11 Å². The Morgan fingerprint density at radius 2 is 2.40 bits per heavy atom. The minimum atomic E-state index is -0.441. The maximum absolute atomic E-state index is 9.70. The fourth-order valence-corrected chi connectivity index (χ4v) is 2.28. The molecule has 0 radical (unpaired) electrons. The number of halogens is 1. The fourth-order valence-electron chi connectivity index (χ4n) is 1.77. The highest BCUT2D eigenvalue weighted by Crippen LogP contribution is 2.26. The predicted octanol–water partition coefficient (Wildman–Crippen LogP) is 1.04. The second-order valence-electron chi connectivity index (χ2n) is 3.56. The molecule has 2 heterocycles. The molecule has 15 heavy (non-hydrogen) atoms. The van der Waals surface area contributed by atoms with Crippen LogP contribution in [0.15, 0.2) is 22.8 Å². The molecule has 0 unspecified atom stereocenters. The van der Waals surface area contributed by atoms with Gasteiger partial charge in [0, 0.05) is 26.4 Å². The van der Waals surface area contributed by atoms with Gasteiger partial charge in [0.15, 0.2) is 0 Å². The first-order chi connectivity index (χ1) is 7.22. The number of hydrogen-bond donors (Lipinski definition) is 1. The number of methoxy groups -OCH3 is 1. The van der Waals surface area contributed by atoms with Gasteiger partial charge in [-0.05, 0) is 28.1 Å². The molecule has 0 aliphatic carbocycles. The molecular weight excluding hydrogens is 260 g/mol. The van der Waals surface area contributed by atoms with E-state index in [0.29, 0.717) is 13.1 Å². The van der Waals surface area contributed by atoms with Crippen LogP contribution < -0.4 is 4.90 Å². The molecule has 4 nitrogen and oxygen atoms in total. The summed E-state index contributed by atoms with van der Waals surface area (Å²) < 4.78 is 6.12. The summed E-state index contributed by atoms with van der Waals surface area (Å²) in [6.45, 7) is 1.24. The van der Waals surface area contributed by atoms with E-state index in [1.165, 1.54) is 0 Å². The third-order valence-electron chi connectivity index (χ3n) is 2.58. The number of aliphatic hydroxyl groups excluding tert-OH is 1. The van der Waals surface area contributed by atoms with Crippen molar-refractivity contribution >= 4 is 21.7 Å². The van der Waals surface area contributed by atoms with Crippen LogP contribution in [0.4, 0.5) is 5.82 Å². The smallest absolute Gasteiger partial charge is 0.143 e. The summed E-state index contributed by atoms with van der Waals surface area (Å²) in [6.07, 6.45) is 1.18. The molecule has 0 bridgehead atoms. The SMILES string of the molecule is CO[C@@H]1CN(c2ncccc2Br)C[C@H]1O. The zero-order valence-electron chi connectivity index (χ0n) is 8.43. The number of aliphatic hydroxyl groups is 1. The van der Waals surface area contributed by atoms with Crippen molar-refractivity contribution in [2.45, 2.75) is 12.2 Å². The average molecular weight is 273 g/mol. The molecule has 82 valence electrons. The topological polar surface area (TPSA) is 45.6 Å². The summed E-state index contributed by atoms with van der Waals surface area (Å²) in [5.74, 6) is 0.858. The lowest BCUT2D eigenvalue weighted by Crippen LogP contribution is -2.25. The maximum Gasteiger partial charge on any atom is 0.143 e. The molecule has 2 atom stereocenters. The maximum atomic E-state index is 9.70. The molecule has 1 aliphatic rings. The third-order valence-corrected chi connectivity index (χ3v) is 3.20. The molecule has 0 aromatic carbocycles. The van der Waals surface area contributed by atoms with E-state index in [-0.39, 0.29) is 6.10 Å². The van der Waals surface area contributed by atoms with E-state index in [4.69, 9.17) is 4.74 Å². The van der Waals surface area contributed by atoms with Gasteiger partial charge in [0.25, 0.3) is 0 Å². The first-order valence-electron chi connectivity index (χ1n) is 4.78. The van der Waals surface area contributed by atoms with E-state index < -0.39 is 6.10 Å². The molecule has 1 saturated heterocycles. The van der Waals surface area contributed by atoms with Crippen molar-refractivity contribution in [3.05, 3.63) is 22.8 Å². The van der Waals surface area contributed by atoms with Gasteiger partial charge in [-0.25, -0.2) is 4.98 Å². The normalized spacial score (nSPS) is 25.9. The summed E-state index contributed by atoms with van der Waals surface area (Å²) in [4.78, 5) is 6.29. The zero-order valence-corrected chi connectivity index (χ0v) is 10.0. The second-order valence-corrected chi connectivity index (χ2v) is 4.41. The molecule has 2 rings (SSSR count). The van der Waals surface area contributed by atoms with E-state index in [1.54, 1.807) is 13.3 Å². The van der Waals surface area contributed by atoms with Crippen LogP contribution in [-0.4, -0.2) is 42.5 Å². The molecule has 1 aromatic heterocycles. The van der Waals surface area contributed by atoms with Crippen molar-refractivity contribution in [1.82, 2.24) is 4.98 Å². The number of nitrogens with zero attached hydrogens (tertiary/aromatic N) is 2. The minimum absolute atomic E-state index is 0.126. The fraction of sp³-hybridized carbons (Fsp3) is 0.500. The standard InChI is InChI=1S/C10H13BrN2O2/c1-15-9-6-13(5-8(9)14)10-7(11)3-2-4-12-10/h2-4,8-9,14H,5-6H2,1H3/t8-,9-/m1/s1. The van der Waals surface area contributed by atoms with E-state index >= 15 is 0 Å². The van der Waals surface area contributed by atoms with Crippen molar-refractivity contribution in [1.29, 1.82) is 0 Å². The monoisotopic (exact) mass is 272 g/mol. The van der Waals surface area contributed by atoms with Crippen LogP contribution in [0, 0.1) is 0 Å². The Labute approximate surface area is 97.0 Å². The highest BCUT2D eigenvalue weighted by molar-refractivity contribution is 9.10. The van der Waals surface area contributed by atoms with Crippen LogP contribution in [0.3, 0.4) is 0 Å².